The first-order valence-corrected chi connectivity index (χ1v) is 18.9. The van der Waals surface area contributed by atoms with Crippen LogP contribution in [0.5, 0.6) is 5.75 Å². The molecule has 0 aliphatic rings. The van der Waals surface area contributed by atoms with Crippen molar-refractivity contribution in [3.05, 3.63) is 101 Å². The van der Waals surface area contributed by atoms with Gasteiger partial charge in [-0.3, -0.25) is 14.4 Å². The maximum absolute atomic E-state index is 13.8. The van der Waals surface area contributed by atoms with Crippen LogP contribution < -0.4 is 20.7 Å². The number of alkyl carbamates (subject to hydrolysis) is 1. The Morgan fingerprint density at radius 1 is 0.732 bits per heavy atom. The van der Waals surface area contributed by atoms with E-state index in [1.807, 2.05) is 73.7 Å². The van der Waals surface area contributed by atoms with E-state index in [4.69, 9.17) is 18.9 Å². The van der Waals surface area contributed by atoms with Crippen LogP contribution in [0.3, 0.4) is 0 Å². The third-order valence-corrected chi connectivity index (χ3v) is 8.25. The molecule has 3 rings (SSSR count). The molecule has 0 aromatic heterocycles. The second-order valence-corrected chi connectivity index (χ2v) is 15.5. The van der Waals surface area contributed by atoms with Crippen molar-refractivity contribution in [1.29, 1.82) is 0 Å². The molecule has 0 fully saturated rings. The van der Waals surface area contributed by atoms with Crippen LogP contribution in [0.1, 0.15) is 83.1 Å². The van der Waals surface area contributed by atoms with E-state index in [1.165, 1.54) is 4.90 Å². The van der Waals surface area contributed by atoms with Gasteiger partial charge in [-0.1, -0.05) is 66.7 Å². The van der Waals surface area contributed by atoms with Crippen molar-refractivity contribution in [1.82, 2.24) is 20.9 Å². The van der Waals surface area contributed by atoms with Crippen molar-refractivity contribution < 1.29 is 42.9 Å². The van der Waals surface area contributed by atoms with Gasteiger partial charge in [0.05, 0.1) is 6.54 Å². The first-order chi connectivity index (χ1) is 26.4. The summed E-state index contributed by atoms with van der Waals surface area (Å²) in [7, 11) is 1.64. The van der Waals surface area contributed by atoms with Crippen LogP contribution in [0, 0.1) is 6.92 Å². The Morgan fingerprint density at radius 3 is 1.96 bits per heavy atom. The Hall–Kier alpha value is -5.59. The number of rotatable bonds is 18. The Labute approximate surface area is 330 Å². The molecular formula is C43H58N4O9. The Balaban J connectivity index is 1.71. The molecule has 56 heavy (non-hydrogen) atoms. The van der Waals surface area contributed by atoms with E-state index >= 15 is 0 Å². The summed E-state index contributed by atoms with van der Waals surface area (Å²) in [6.45, 7) is 13.2. The largest absolute Gasteiger partial charge is 0.492 e. The number of hydrogen-bond donors (Lipinski definition) is 3. The maximum Gasteiger partial charge on any atom is 0.410 e. The Bertz CT molecular complexity index is 1740. The third-order valence-electron chi connectivity index (χ3n) is 8.25. The number of nitrogens with one attached hydrogen (secondary N) is 3. The minimum Gasteiger partial charge on any atom is -0.492 e. The zero-order chi connectivity index (χ0) is 41.3. The predicted molar refractivity (Wildman–Crippen MR) is 213 cm³/mol. The number of carbonyl (C=O) groups is 5. The summed E-state index contributed by atoms with van der Waals surface area (Å²) in [6, 6.07) is 21.9. The monoisotopic (exact) mass is 774 g/mol. The average molecular weight is 775 g/mol. The van der Waals surface area contributed by atoms with E-state index in [9.17, 15) is 24.0 Å². The quantitative estimate of drug-likeness (QED) is 0.0983. The number of benzene rings is 3. The fraction of sp³-hybridized carbons (Fsp3) is 0.465. The Kier molecular flexibility index (Phi) is 17.2. The van der Waals surface area contributed by atoms with Gasteiger partial charge in [0.25, 0.3) is 0 Å². The van der Waals surface area contributed by atoms with Crippen LogP contribution in [0.25, 0.3) is 0 Å². The molecule has 0 spiro atoms. The van der Waals surface area contributed by atoms with Crippen molar-refractivity contribution in [2.45, 2.75) is 111 Å². The van der Waals surface area contributed by atoms with E-state index in [2.05, 4.69) is 16.0 Å². The van der Waals surface area contributed by atoms with Crippen LogP contribution in [0.15, 0.2) is 78.9 Å². The molecule has 0 aliphatic carbocycles. The van der Waals surface area contributed by atoms with E-state index < -0.39 is 53.3 Å². The Morgan fingerprint density at radius 2 is 1.34 bits per heavy atom. The molecule has 3 aromatic carbocycles. The number of aryl methyl sites for hydroxylation is 2. The highest BCUT2D eigenvalue weighted by molar-refractivity contribution is 5.91. The second kappa shape index (κ2) is 21.5. The van der Waals surface area contributed by atoms with Gasteiger partial charge in [0.2, 0.25) is 11.8 Å². The molecule has 3 N–H and O–H groups in total. The molecule has 13 nitrogen and oxygen atoms in total. The number of hydrogen-bond acceptors (Lipinski definition) is 9. The minimum absolute atomic E-state index is 0.0238. The molecule has 0 saturated carbocycles. The van der Waals surface area contributed by atoms with Crippen molar-refractivity contribution >= 4 is 30.0 Å². The summed E-state index contributed by atoms with van der Waals surface area (Å²) in [6.07, 6.45) is -0.814. The minimum atomic E-state index is -1.21. The van der Waals surface area contributed by atoms with Gasteiger partial charge >= 0.3 is 18.2 Å². The summed E-state index contributed by atoms with van der Waals surface area (Å²) in [4.78, 5) is 66.9. The molecule has 2 atom stereocenters. The van der Waals surface area contributed by atoms with Gasteiger partial charge in [-0.05, 0) is 102 Å². The van der Waals surface area contributed by atoms with Crippen LogP contribution in [0.2, 0.25) is 0 Å². The van der Waals surface area contributed by atoms with Gasteiger partial charge < -0.3 is 39.8 Å². The lowest BCUT2D eigenvalue weighted by Crippen LogP contribution is -2.54. The predicted octanol–water partition coefficient (Wildman–Crippen LogP) is 6.39. The lowest BCUT2D eigenvalue weighted by Gasteiger charge is -2.24. The van der Waals surface area contributed by atoms with Crippen molar-refractivity contribution in [2.24, 2.45) is 0 Å². The standard InChI is InChI=1S/C43H58N4O9/c1-30-19-21-34(53-26-25-47(8)41(52)56-43(5,6)7)27-33(30)28-44-38(49)35(22-20-31-15-11-9-12-16-31)45-39(50)36(23-24-37(48)55-42(2,3)4)46-40(51)54-29-32-17-13-10-14-18-32/h9-19,21,27,35-36H,20,22-26,28-29H2,1-8H3,(H,44,49)(H,45,50)(H,46,51)/t35-,36-/m0/s1. The number of carbonyl (C=O) groups excluding carboxylic acids is 5. The van der Waals surface area contributed by atoms with E-state index in [1.54, 1.807) is 60.7 Å². The average Bonchev–Trinajstić information content (AvgIpc) is 3.13. The first kappa shape index (κ1) is 44.8. The fourth-order valence-corrected chi connectivity index (χ4v) is 5.29. The molecule has 0 aliphatic heterocycles. The molecule has 0 unspecified atom stereocenters. The summed E-state index contributed by atoms with van der Waals surface area (Å²) in [5.74, 6) is -1.06. The van der Waals surface area contributed by atoms with Gasteiger partial charge in [-0.2, -0.15) is 0 Å². The molecule has 13 heteroatoms. The van der Waals surface area contributed by atoms with Gasteiger partial charge in [-0.25, -0.2) is 9.59 Å². The lowest BCUT2D eigenvalue weighted by molar-refractivity contribution is -0.155. The summed E-state index contributed by atoms with van der Waals surface area (Å²) in [5, 5.41) is 8.35. The van der Waals surface area contributed by atoms with Crippen molar-refractivity contribution in [2.75, 3.05) is 20.2 Å². The van der Waals surface area contributed by atoms with Crippen molar-refractivity contribution in [3.8, 4) is 5.75 Å². The van der Waals surface area contributed by atoms with Gasteiger partial charge in [0.1, 0.15) is 42.2 Å². The normalized spacial score (nSPS) is 12.4. The molecule has 3 aromatic rings. The third kappa shape index (κ3) is 17.3. The molecule has 4 amide bonds. The maximum atomic E-state index is 13.8. The zero-order valence-electron chi connectivity index (χ0n) is 33.9. The molecule has 0 radical (unpaired) electrons. The number of nitrogens with zero attached hydrogens (tertiary/aromatic N) is 1. The highest BCUT2D eigenvalue weighted by Crippen LogP contribution is 2.18. The van der Waals surface area contributed by atoms with Crippen LogP contribution in [0.4, 0.5) is 9.59 Å². The van der Waals surface area contributed by atoms with E-state index in [0.29, 0.717) is 18.7 Å². The number of ether oxygens (including phenoxy) is 4. The van der Waals surface area contributed by atoms with Gasteiger partial charge in [0, 0.05) is 20.0 Å². The SMILES string of the molecule is Cc1ccc(OCCN(C)C(=O)OC(C)(C)C)cc1CNC(=O)[C@H](CCc1ccccc1)NC(=O)[C@H](CCC(=O)OC(C)(C)C)NC(=O)OCc1ccccc1. The first-order valence-electron chi connectivity index (χ1n) is 18.9. The second-order valence-electron chi connectivity index (χ2n) is 15.5. The number of esters is 1. The molecule has 304 valence electrons. The topological polar surface area (TPSA) is 162 Å². The summed E-state index contributed by atoms with van der Waals surface area (Å²) in [5.41, 5.74) is 2.09. The fourth-order valence-electron chi connectivity index (χ4n) is 5.29. The van der Waals surface area contributed by atoms with Gasteiger partial charge in [0.15, 0.2) is 0 Å². The number of amides is 4. The summed E-state index contributed by atoms with van der Waals surface area (Å²) >= 11 is 0. The van der Waals surface area contributed by atoms with E-state index in [-0.39, 0.29) is 39.0 Å². The zero-order valence-corrected chi connectivity index (χ0v) is 33.9. The summed E-state index contributed by atoms with van der Waals surface area (Å²) < 4.78 is 22.1. The molecule has 0 heterocycles. The van der Waals surface area contributed by atoms with Crippen molar-refractivity contribution in [3.63, 3.8) is 0 Å². The van der Waals surface area contributed by atoms with Crippen LogP contribution in [-0.4, -0.2) is 78.4 Å². The lowest BCUT2D eigenvalue weighted by atomic mass is 10.0. The van der Waals surface area contributed by atoms with Gasteiger partial charge in [-0.15, -0.1) is 0 Å². The van der Waals surface area contributed by atoms with Crippen LogP contribution in [-0.2, 0) is 48.2 Å². The highest BCUT2D eigenvalue weighted by Gasteiger charge is 2.29. The molecular weight excluding hydrogens is 716 g/mol. The smallest absolute Gasteiger partial charge is 0.410 e. The number of likely N-dealkylation sites (N-methyl/N-ethyl adjacent to an activating group) is 1. The highest BCUT2D eigenvalue weighted by atomic mass is 16.6. The molecule has 0 bridgehead atoms. The van der Waals surface area contributed by atoms with Crippen LogP contribution >= 0.6 is 0 Å². The molecule has 0 saturated heterocycles. The van der Waals surface area contributed by atoms with E-state index in [0.717, 1.165) is 22.3 Å².